The Bertz CT molecular complexity index is 347. The first-order valence-electron chi connectivity index (χ1n) is 5.57. The van der Waals surface area contributed by atoms with Crippen molar-refractivity contribution in [2.75, 3.05) is 30.1 Å². The maximum Gasteiger partial charge on any atom is 0.191 e. The number of aromatic nitrogens is 2. The van der Waals surface area contributed by atoms with Crippen LogP contribution >= 0.6 is 11.8 Å². The summed E-state index contributed by atoms with van der Waals surface area (Å²) >= 11 is 1.48. The minimum atomic E-state index is 0.289. The number of nitrogen functional groups attached to an aromatic ring is 1. The molecular formula is C10H17N5OS. The number of anilines is 2. The lowest BCUT2D eigenvalue weighted by atomic mass is 10.2. The van der Waals surface area contributed by atoms with Crippen molar-refractivity contribution in [3.8, 4) is 0 Å². The van der Waals surface area contributed by atoms with Crippen molar-refractivity contribution >= 4 is 23.4 Å². The molecule has 0 aliphatic carbocycles. The molecule has 1 aromatic heterocycles. The van der Waals surface area contributed by atoms with Crippen LogP contribution in [0.3, 0.4) is 0 Å². The van der Waals surface area contributed by atoms with Crippen molar-refractivity contribution in [3.05, 3.63) is 6.07 Å². The van der Waals surface area contributed by atoms with E-state index in [2.05, 4.69) is 20.7 Å². The minimum Gasteiger partial charge on any atom is -0.376 e. The minimum absolute atomic E-state index is 0.289. The lowest BCUT2D eigenvalue weighted by molar-refractivity contribution is 0.120. The van der Waals surface area contributed by atoms with Gasteiger partial charge in [0.2, 0.25) is 0 Å². The highest BCUT2D eigenvalue weighted by molar-refractivity contribution is 7.98. The van der Waals surface area contributed by atoms with Gasteiger partial charge in [-0.05, 0) is 19.1 Å². The van der Waals surface area contributed by atoms with Gasteiger partial charge in [-0.2, -0.15) is 0 Å². The lowest BCUT2D eigenvalue weighted by Gasteiger charge is -2.12. The van der Waals surface area contributed by atoms with Crippen LogP contribution in [0.5, 0.6) is 0 Å². The van der Waals surface area contributed by atoms with E-state index in [0.29, 0.717) is 11.0 Å². The van der Waals surface area contributed by atoms with Crippen LogP contribution in [0.25, 0.3) is 0 Å². The van der Waals surface area contributed by atoms with Crippen LogP contribution in [-0.2, 0) is 4.74 Å². The molecule has 7 heteroatoms. The van der Waals surface area contributed by atoms with Crippen molar-refractivity contribution in [2.24, 2.45) is 5.84 Å². The molecule has 1 fully saturated rings. The summed E-state index contributed by atoms with van der Waals surface area (Å²) in [4.78, 5) is 8.55. The van der Waals surface area contributed by atoms with E-state index < -0.39 is 0 Å². The first kappa shape index (κ1) is 12.4. The number of thioether (sulfide) groups is 1. The Morgan fingerprint density at radius 2 is 2.35 bits per heavy atom. The van der Waals surface area contributed by atoms with Gasteiger partial charge >= 0.3 is 0 Å². The highest BCUT2D eigenvalue weighted by Gasteiger charge is 2.15. The topological polar surface area (TPSA) is 85.1 Å². The SMILES string of the molecule is CSc1nc(NN)cc(NCC2CCCO2)n1. The van der Waals surface area contributed by atoms with Crippen molar-refractivity contribution < 1.29 is 4.74 Å². The maximum atomic E-state index is 5.54. The summed E-state index contributed by atoms with van der Waals surface area (Å²) in [7, 11) is 0. The second-order valence-corrected chi connectivity index (χ2v) is 4.56. The van der Waals surface area contributed by atoms with Crippen LogP contribution in [0.4, 0.5) is 11.6 Å². The number of hydrogen-bond donors (Lipinski definition) is 3. The molecule has 0 saturated carbocycles. The molecule has 2 heterocycles. The van der Waals surface area contributed by atoms with Crippen molar-refractivity contribution in [3.63, 3.8) is 0 Å². The molecule has 6 nitrogen and oxygen atoms in total. The average Bonchev–Trinajstić information content (AvgIpc) is 2.89. The summed E-state index contributed by atoms with van der Waals surface area (Å²) in [6, 6.07) is 1.79. The molecule has 1 atom stereocenters. The predicted molar refractivity (Wildman–Crippen MR) is 69.1 cm³/mol. The smallest absolute Gasteiger partial charge is 0.191 e. The molecule has 0 radical (unpaired) electrons. The average molecular weight is 255 g/mol. The van der Waals surface area contributed by atoms with Crippen LogP contribution in [0.2, 0.25) is 0 Å². The Balaban J connectivity index is 1.98. The molecule has 17 heavy (non-hydrogen) atoms. The second-order valence-electron chi connectivity index (χ2n) is 3.79. The fraction of sp³-hybridized carbons (Fsp3) is 0.600. The van der Waals surface area contributed by atoms with Crippen molar-refractivity contribution in [1.82, 2.24) is 9.97 Å². The fourth-order valence-corrected chi connectivity index (χ4v) is 2.08. The molecular weight excluding hydrogens is 238 g/mol. The Morgan fingerprint density at radius 1 is 1.53 bits per heavy atom. The molecule has 0 amide bonds. The van der Waals surface area contributed by atoms with Crippen LogP contribution in [0, 0.1) is 0 Å². The normalized spacial score (nSPS) is 19.3. The zero-order valence-electron chi connectivity index (χ0n) is 9.77. The summed E-state index contributed by atoms with van der Waals surface area (Å²) in [5, 5.41) is 3.94. The Kier molecular flexibility index (Phi) is 4.41. The van der Waals surface area contributed by atoms with Crippen molar-refractivity contribution in [1.29, 1.82) is 0 Å². The third-order valence-electron chi connectivity index (χ3n) is 2.57. The molecule has 2 rings (SSSR count). The number of hydrogen-bond acceptors (Lipinski definition) is 7. The van der Waals surface area contributed by atoms with Gasteiger partial charge in [0.25, 0.3) is 0 Å². The number of hydrazine groups is 1. The predicted octanol–water partition coefficient (Wildman–Crippen LogP) is 1.07. The highest BCUT2D eigenvalue weighted by Crippen LogP contribution is 2.18. The molecule has 0 bridgehead atoms. The molecule has 1 aromatic rings. The van der Waals surface area contributed by atoms with Gasteiger partial charge in [-0.3, -0.25) is 0 Å². The van der Waals surface area contributed by atoms with Crippen LogP contribution in [0.1, 0.15) is 12.8 Å². The van der Waals surface area contributed by atoms with Crippen LogP contribution in [-0.4, -0.2) is 35.5 Å². The molecule has 0 aromatic carbocycles. The van der Waals surface area contributed by atoms with Gasteiger partial charge in [0.15, 0.2) is 5.16 Å². The van der Waals surface area contributed by atoms with Gasteiger partial charge in [-0.15, -0.1) is 0 Å². The number of ether oxygens (including phenoxy) is 1. The van der Waals surface area contributed by atoms with E-state index in [-0.39, 0.29) is 6.10 Å². The number of nitrogens with one attached hydrogen (secondary N) is 2. The molecule has 0 spiro atoms. The summed E-state index contributed by atoms with van der Waals surface area (Å²) in [5.74, 6) is 6.74. The third-order valence-corrected chi connectivity index (χ3v) is 3.12. The molecule has 1 unspecified atom stereocenters. The fourth-order valence-electron chi connectivity index (χ4n) is 1.70. The Morgan fingerprint density at radius 3 is 3.00 bits per heavy atom. The van der Waals surface area contributed by atoms with E-state index in [1.54, 1.807) is 6.07 Å². The Labute approximate surface area is 105 Å². The zero-order valence-corrected chi connectivity index (χ0v) is 10.6. The number of nitrogens with two attached hydrogens (primary N) is 1. The third kappa shape index (κ3) is 3.45. The molecule has 1 aliphatic rings. The van der Waals surface area contributed by atoms with E-state index in [4.69, 9.17) is 10.6 Å². The zero-order chi connectivity index (χ0) is 12.1. The molecule has 4 N–H and O–H groups in total. The summed E-state index contributed by atoms with van der Waals surface area (Å²) in [6.07, 6.45) is 4.47. The van der Waals surface area contributed by atoms with E-state index in [1.165, 1.54) is 11.8 Å². The largest absolute Gasteiger partial charge is 0.376 e. The Hall–Kier alpha value is -1.05. The van der Waals surface area contributed by atoms with E-state index in [1.807, 2.05) is 6.26 Å². The lowest BCUT2D eigenvalue weighted by Crippen LogP contribution is -2.19. The van der Waals surface area contributed by atoms with E-state index in [0.717, 1.165) is 31.8 Å². The molecule has 1 aliphatic heterocycles. The summed E-state index contributed by atoms with van der Waals surface area (Å²) in [5.41, 5.74) is 2.53. The standard InChI is InChI=1S/C10H17N5OS/c1-17-10-13-8(5-9(14-10)15-11)12-6-7-3-2-4-16-7/h5,7H,2-4,6,11H2,1H3,(H2,12,13,14,15). The number of nitrogens with zero attached hydrogens (tertiary/aromatic N) is 2. The van der Waals surface area contributed by atoms with Gasteiger partial charge in [0, 0.05) is 19.2 Å². The van der Waals surface area contributed by atoms with Crippen molar-refractivity contribution in [2.45, 2.75) is 24.1 Å². The van der Waals surface area contributed by atoms with E-state index in [9.17, 15) is 0 Å². The maximum absolute atomic E-state index is 5.54. The monoisotopic (exact) mass is 255 g/mol. The van der Waals surface area contributed by atoms with Gasteiger partial charge in [-0.25, -0.2) is 15.8 Å². The van der Waals surface area contributed by atoms with Gasteiger partial charge < -0.3 is 15.5 Å². The summed E-state index contributed by atoms with van der Waals surface area (Å²) < 4.78 is 5.54. The van der Waals surface area contributed by atoms with Crippen LogP contribution < -0.4 is 16.6 Å². The first-order valence-corrected chi connectivity index (χ1v) is 6.79. The number of rotatable bonds is 5. The molecule has 1 saturated heterocycles. The second kappa shape index (κ2) is 6.04. The van der Waals surface area contributed by atoms with Gasteiger partial charge in [0.05, 0.1) is 6.10 Å². The van der Waals surface area contributed by atoms with Gasteiger partial charge in [0.1, 0.15) is 11.6 Å². The summed E-state index contributed by atoms with van der Waals surface area (Å²) in [6.45, 7) is 1.64. The van der Waals surface area contributed by atoms with Gasteiger partial charge in [-0.1, -0.05) is 11.8 Å². The highest BCUT2D eigenvalue weighted by atomic mass is 32.2. The quantitative estimate of drug-likeness (QED) is 0.314. The van der Waals surface area contributed by atoms with Crippen LogP contribution in [0.15, 0.2) is 11.2 Å². The first-order chi connectivity index (χ1) is 8.31. The van der Waals surface area contributed by atoms with E-state index >= 15 is 0 Å². The molecule has 94 valence electrons.